The minimum atomic E-state index is -0.173. The Morgan fingerprint density at radius 2 is 1.21 bits per heavy atom. The van der Waals surface area contributed by atoms with Gasteiger partial charge in [0, 0.05) is 12.5 Å². The molecule has 0 amide bonds. The van der Waals surface area contributed by atoms with Gasteiger partial charge < -0.3 is 14.2 Å². The van der Waals surface area contributed by atoms with Crippen LogP contribution in [0.3, 0.4) is 0 Å². The highest BCUT2D eigenvalue weighted by Gasteiger charge is 2.05. The fourth-order valence-electron chi connectivity index (χ4n) is 2.68. The third kappa shape index (κ3) is 12.4. The summed E-state index contributed by atoms with van der Waals surface area (Å²) in [5.41, 5.74) is 2.26. The molecule has 0 fully saturated rings. The predicted molar refractivity (Wildman–Crippen MR) is 147 cm³/mol. The lowest BCUT2D eigenvalue weighted by molar-refractivity contribution is -0.143. The molecule has 0 spiro atoms. The van der Waals surface area contributed by atoms with E-state index in [0.29, 0.717) is 30.9 Å². The van der Waals surface area contributed by atoms with E-state index in [4.69, 9.17) is 14.2 Å². The van der Waals surface area contributed by atoms with Gasteiger partial charge in [-0.15, -0.1) is 0 Å². The summed E-state index contributed by atoms with van der Waals surface area (Å²) >= 11 is 2.94. The van der Waals surface area contributed by atoms with E-state index >= 15 is 0 Å². The molecule has 0 aliphatic heterocycles. The van der Waals surface area contributed by atoms with E-state index < -0.39 is 0 Å². The van der Waals surface area contributed by atoms with E-state index in [1.165, 1.54) is 5.56 Å². The molecule has 3 aromatic rings. The van der Waals surface area contributed by atoms with Crippen molar-refractivity contribution >= 4 is 21.9 Å². The second kappa shape index (κ2) is 19.7. The van der Waals surface area contributed by atoms with Crippen LogP contribution in [0.5, 0.6) is 23.0 Å². The van der Waals surface area contributed by atoms with E-state index in [0.717, 1.165) is 17.1 Å². The summed E-state index contributed by atoms with van der Waals surface area (Å²) in [6, 6.07) is 23.2. The smallest absolute Gasteiger partial charge is 0.306 e. The van der Waals surface area contributed by atoms with Gasteiger partial charge in [0.15, 0.2) is 0 Å². The predicted octanol–water partition coefficient (Wildman–Crippen LogP) is 9.14. The quantitative estimate of drug-likeness (QED) is 0.215. The molecular formula is C29H39BrO4. The average Bonchev–Trinajstić information content (AvgIpc) is 2.89. The maximum atomic E-state index is 11.4. The number of hydrogen-bond acceptors (Lipinski definition) is 4. The zero-order valence-corrected chi connectivity index (χ0v) is 23.1. The van der Waals surface area contributed by atoms with Crippen molar-refractivity contribution in [1.29, 1.82) is 0 Å². The van der Waals surface area contributed by atoms with Crippen LogP contribution in [-0.4, -0.2) is 18.4 Å². The lowest BCUT2D eigenvalue weighted by Crippen LogP contribution is -2.05. The fraction of sp³-hybridized carbons (Fsp3) is 0.345. The van der Waals surface area contributed by atoms with Crippen molar-refractivity contribution in [2.75, 3.05) is 12.4 Å². The Hall–Kier alpha value is -2.79. The number of carbonyl (C=O) groups excluding carboxylic acids is 1. The molecule has 34 heavy (non-hydrogen) atoms. The van der Waals surface area contributed by atoms with Crippen LogP contribution in [0.15, 0.2) is 72.8 Å². The number of carbonyl (C=O) groups is 1. The Labute approximate surface area is 214 Å². The number of rotatable bonds is 8. The molecule has 0 N–H and O–H groups in total. The van der Waals surface area contributed by atoms with Gasteiger partial charge in [0.2, 0.25) is 0 Å². The number of esters is 1. The van der Waals surface area contributed by atoms with E-state index in [1.807, 2.05) is 120 Å². The molecule has 0 saturated carbocycles. The van der Waals surface area contributed by atoms with Gasteiger partial charge in [-0.1, -0.05) is 79.5 Å². The molecule has 186 valence electrons. The SMILES string of the molecule is CBr.CC.CC.CCOC(=O)CCc1ccc(Oc2cccc(Oc3ccc(C)cc3)c2)cc1. The highest BCUT2D eigenvalue weighted by atomic mass is 79.9. The first kappa shape index (κ1) is 31.2. The normalized spacial score (nSPS) is 9.06. The van der Waals surface area contributed by atoms with E-state index in [1.54, 1.807) is 0 Å². The molecule has 0 atom stereocenters. The van der Waals surface area contributed by atoms with Crippen LogP contribution >= 0.6 is 15.9 Å². The first-order valence-corrected chi connectivity index (χ1v) is 13.4. The summed E-state index contributed by atoms with van der Waals surface area (Å²) in [6.45, 7) is 12.3. The van der Waals surface area contributed by atoms with E-state index in [2.05, 4.69) is 15.9 Å². The monoisotopic (exact) mass is 530 g/mol. The van der Waals surface area contributed by atoms with Crippen molar-refractivity contribution in [3.05, 3.63) is 83.9 Å². The highest BCUT2D eigenvalue weighted by Crippen LogP contribution is 2.28. The molecule has 0 aliphatic rings. The molecule has 5 heteroatoms. The molecule has 4 nitrogen and oxygen atoms in total. The van der Waals surface area contributed by atoms with Crippen LogP contribution in [0.4, 0.5) is 0 Å². The first-order valence-electron chi connectivity index (χ1n) is 11.8. The molecule has 0 saturated heterocycles. The second-order valence-electron chi connectivity index (χ2n) is 6.44. The third-order valence-electron chi connectivity index (χ3n) is 4.14. The van der Waals surface area contributed by atoms with Crippen LogP contribution in [0.2, 0.25) is 0 Å². The maximum absolute atomic E-state index is 11.4. The molecule has 0 unspecified atom stereocenters. The number of halogens is 1. The third-order valence-corrected chi connectivity index (χ3v) is 4.14. The van der Waals surface area contributed by atoms with Gasteiger partial charge in [-0.05, 0) is 68.1 Å². The van der Waals surface area contributed by atoms with Crippen LogP contribution in [0.1, 0.15) is 52.2 Å². The Bertz CT molecular complexity index is 906. The molecule has 0 aliphatic carbocycles. The van der Waals surface area contributed by atoms with Crippen molar-refractivity contribution in [2.45, 2.75) is 54.4 Å². The Morgan fingerprint density at radius 3 is 1.68 bits per heavy atom. The van der Waals surface area contributed by atoms with Crippen molar-refractivity contribution in [3.8, 4) is 23.0 Å². The summed E-state index contributed by atoms with van der Waals surface area (Å²) in [4.78, 5) is 11.4. The van der Waals surface area contributed by atoms with Gasteiger partial charge in [0.25, 0.3) is 0 Å². The van der Waals surface area contributed by atoms with E-state index in [9.17, 15) is 4.79 Å². The van der Waals surface area contributed by atoms with Crippen molar-refractivity contribution in [3.63, 3.8) is 0 Å². The van der Waals surface area contributed by atoms with Gasteiger partial charge in [0.1, 0.15) is 23.0 Å². The fourth-order valence-corrected chi connectivity index (χ4v) is 2.68. The minimum Gasteiger partial charge on any atom is -0.466 e. The zero-order valence-electron chi connectivity index (χ0n) is 21.6. The van der Waals surface area contributed by atoms with Crippen LogP contribution < -0.4 is 9.47 Å². The average molecular weight is 532 g/mol. The van der Waals surface area contributed by atoms with Crippen LogP contribution in [-0.2, 0) is 16.0 Å². The topological polar surface area (TPSA) is 44.8 Å². The number of ether oxygens (including phenoxy) is 3. The summed E-state index contributed by atoms with van der Waals surface area (Å²) in [7, 11) is 0. The Kier molecular flexibility index (Phi) is 18.0. The largest absolute Gasteiger partial charge is 0.466 e. The number of benzene rings is 3. The first-order chi connectivity index (χ1) is 16.6. The summed E-state index contributed by atoms with van der Waals surface area (Å²) in [5, 5.41) is 0. The molecule has 3 aromatic carbocycles. The highest BCUT2D eigenvalue weighted by molar-refractivity contribution is 9.08. The Morgan fingerprint density at radius 1 is 0.735 bits per heavy atom. The molecule has 3 rings (SSSR count). The van der Waals surface area contributed by atoms with Crippen molar-refractivity contribution in [2.24, 2.45) is 0 Å². The van der Waals surface area contributed by atoms with Crippen LogP contribution in [0.25, 0.3) is 0 Å². The Balaban J connectivity index is 0.00000168. The van der Waals surface area contributed by atoms with Crippen molar-refractivity contribution < 1.29 is 19.0 Å². The number of hydrogen-bond donors (Lipinski definition) is 0. The number of alkyl halides is 1. The van der Waals surface area contributed by atoms with Gasteiger partial charge in [0.05, 0.1) is 6.61 Å². The van der Waals surface area contributed by atoms with Gasteiger partial charge in [-0.3, -0.25) is 4.79 Å². The molecule has 0 aromatic heterocycles. The summed E-state index contributed by atoms with van der Waals surface area (Å²) in [5.74, 6) is 4.57. The minimum absolute atomic E-state index is 0.173. The van der Waals surface area contributed by atoms with Crippen molar-refractivity contribution in [1.82, 2.24) is 0 Å². The molecule has 0 heterocycles. The van der Waals surface area contributed by atoms with Gasteiger partial charge in [-0.25, -0.2) is 0 Å². The maximum Gasteiger partial charge on any atom is 0.306 e. The molecule has 0 bridgehead atoms. The lowest BCUT2D eigenvalue weighted by Gasteiger charge is -2.10. The van der Waals surface area contributed by atoms with Crippen LogP contribution in [0, 0.1) is 6.92 Å². The van der Waals surface area contributed by atoms with Gasteiger partial charge in [-0.2, -0.15) is 0 Å². The number of aryl methyl sites for hydroxylation is 2. The summed E-state index contributed by atoms with van der Waals surface area (Å²) in [6.07, 6.45) is 1.03. The standard InChI is InChI=1S/C24H24O4.2C2H6.CH3Br/c1-3-26-24(25)16-11-19-9-14-21(15-10-19)28-23-6-4-5-22(17-23)27-20-12-7-18(2)8-13-20;3*1-2/h4-10,12-15,17H,3,11,16H2,1-2H3;2*1-2H3;1H3. The second-order valence-corrected chi connectivity index (χ2v) is 6.44. The molecular weight excluding hydrogens is 492 g/mol. The van der Waals surface area contributed by atoms with E-state index in [-0.39, 0.29) is 5.97 Å². The zero-order chi connectivity index (χ0) is 25.8. The lowest BCUT2D eigenvalue weighted by atomic mass is 10.1. The molecule has 0 radical (unpaired) electrons. The van der Waals surface area contributed by atoms with Gasteiger partial charge >= 0.3 is 5.97 Å². The summed E-state index contributed by atoms with van der Waals surface area (Å²) < 4.78 is 16.8.